The lowest BCUT2D eigenvalue weighted by molar-refractivity contribution is -0.138. The Bertz CT molecular complexity index is 517. The predicted molar refractivity (Wildman–Crippen MR) is 84.4 cm³/mol. The zero-order chi connectivity index (χ0) is 14.8. The SMILES string of the molecule is Cc1ccc(C)c(CC(=O)N2CC(N3CCNCC3)C2)c1. The van der Waals surface area contributed by atoms with Crippen molar-refractivity contribution in [2.45, 2.75) is 26.3 Å². The molecule has 0 aliphatic carbocycles. The van der Waals surface area contributed by atoms with E-state index < -0.39 is 0 Å². The number of carbonyl (C=O) groups is 1. The van der Waals surface area contributed by atoms with Crippen LogP contribution in [0.5, 0.6) is 0 Å². The van der Waals surface area contributed by atoms with Crippen molar-refractivity contribution in [1.29, 1.82) is 0 Å². The van der Waals surface area contributed by atoms with Gasteiger partial charge in [-0.15, -0.1) is 0 Å². The zero-order valence-electron chi connectivity index (χ0n) is 13.1. The average Bonchev–Trinajstić information content (AvgIpc) is 2.42. The second-order valence-electron chi connectivity index (χ2n) is 6.35. The van der Waals surface area contributed by atoms with Gasteiger partial charge < -0.3 is 10.2 Å². The molecule has 1 amide bonds. The smallest absolute Gasteiger partial charge is 0.227 e. The van der Waals surface area contributed by atoms with Gasteiger partial charge in [-0.3, -0.25) is 9.69 Å². The van der Waals surface area contributed by atoms with Crippen LogP contribution in [0.1, 0.15) is 16.7 Å². The van der Waals surface area contributed by atoms with E-state index in [1.807, 2.05) is 4.90 Å². The highest BCUT2D eigenvalue weighted by atomic mass is 16.2. The number of benzene rings is 1. The molecule has 2 saturated heterocycles. The Labute approximate surface area is 127 Å². The molecule has 4 heteroatoms. The van der Waals surface area contributed by atoms with Crippen LogP contribution >= 0.6 is 0 Å². The topological polar surface area (TPSA) is 35.6 Å². The van der Waals surface area contributed by atoms with Gasteiger partial charge in [-0.2, -0.15) is 0 Å². The number of amides is 1. The molecule has 4 nitrogen and oxygen atoms in total. The first-order chi connectivity index (χ1) is 10.1. The van der Waals surface area contributed by atoms with Crippen LogP contribution in [0, 0.1) is 13.8 Å². The second-order valence-corrected chi connectivity index (χ2v) is 6.35. The van der Waals surface area contributed by atoms with Crippen molar-refractivity contribution in [3.8, 4) is 0 Å². The zero-order valence-corrected chi connectivity index (χ0v) is 13.1. The van der Waals surface area contributed by atoms with E-state index in [1.165, 1.54) is 16.7 Å². The summed E-state index contributed by atoms with van der Waals surface area (Å²) in [5, 5.41) is 3.37. The fraction of sp³-hybridized carbons (Fsp3) is 0.588. The largest absolute Gasteiger partial charge is 0.339 e. The Kier molecular flexibility index (Phi) is 4.27. The van der Waals surface area contributed by atoms with Crippen LogP contribution in [-0.2, 0) is 11.2 Å². The summed E-state index contributed by atoms with van der Waals surface area (Å²) in [6.07, 6.45) is 0.543. The Balaban J connectivity index is 1.52. The normalized spacial score (nSPS) is 20.4. The maximum Gasteiger partial charge on any atom is 0.227 e. The molecule has 1 N–H and O–H groups in total. The summed E-state index contributed by atoms with van der Waals surface area (Å²) in [4.78, 5) is 16.9. The van der Waals surface area contributed by atoms with E-state index in [0.717, 1.165) is 39.3 Å². The summed E-state index contributed by atoms with van der Waals surface area (Å²) in [6.45, 7) is 10.4. The number of nitrogens with zero attached hydrogens (tertiary/aromatic N) is 2. The minimum absolute atomic E-state index is 0.273. The molecule has 0 unspecified atom stereocenters. The lowest BCUT2D eigenvalue weighted by Crippen LogP contribution is -2.64. The third-order valence-corrected chi connectivity index (χ3v) is 4.73. The van der Waals surface area contributed by atoms with Crippen LogP contribution in [0.4, 0.5) is 0 Å². The number of hydrogen-bond donors (Lipinski definition) is 1. The summed E-state index contributed by atoms with van der Waals surface area (Å²) in [5.41, 5.74) is 3.62. The van der Waals surface area contributed by atoms with E-state index in [-0.39, 0.29) is 5.91 Å². The third-order valence-electron chi connectivity index (χ3n) is 4.73. The molecule has 0 spiro atoms. The maximum absolute atomic E-state index is 12.4. The highest BCUT2D eigenvalue weighted by molar-refractivity contribution is 5.80. The molecule has 0 radical (unpaired) electrons. The molecule has 114 valence electrons. The Morgan fingerprint density at radius 2 is 1.95 bits per heavy atom. The van der Waals surface area contributed by atoms with Crippen LogP contribution < -0.4 is 5.32 Å². The molecule has 1 aromatic rings. The minimum atomic E-state index is 0.273. The highest BCUT2D eigenvalue weighted by Gasteiger charge is 2.34. The minimum Gasteiger partial charge on any atom is -0.339 e. The van der Waals surface area contributed by atoms with Crippen molar-refractivity contribution >= 4 is 5.91 Å². The Hall–Kier alpha value is -1.39. The quantitative estimate of drug-likeness (QED) is 0.899. The summed E-state index contributed by atoms with van der Waals surface area (Å²) < 4.78 is 0. The number of nitrogens with one attached hydrogen (secondary N) is 1. The fourth-order valence-corrected chi connectivity index (χ4v) is 3.20. The first-order valence-corrected chi connectivity index (χ1v) is 7.92. The van der Waals surface area contributed by atoms with E-state index in [1.54, 1.807) is 0 Å². The number of rotatable bonds is 3. The molecular formula is C17H25N3O. The first-order valence-electron chi connectivity index (χ1n) is 7.92. The van der Waals surface area contributed by atoms with Gasteiger partial charge in [-0.05, 0) is 25.0 Å². The van der Waals surface area contributed by atoms with Gasteiger partial charge in [-0.1, -0.05) is 23.8 Å². The van der Waals surface area contributed by atoms with Gasteiger partial charge in [0.05, 0.1) is 6.42 Å². The van der Waals surface area contributed by atoms with E-state index in [0.29, 0.717) is 12.5 Å². The van der Waals surface area contributed by atoms with Gasteiger partial charge in [0.15, 0.2) is 0 Å². The van der Waals surface area contributed by atoms with Crippen molar-refractivity contribution in [3.63, 3.8) is 0 Å². The van der Waals surface area contributed by atoms with Gasteiger partial charge in [0.2, 0.25) is 5.91 Å². The molecule has 21 heavy (non-hydrogen) atoms. The number of aryl methyl sites for hydroxylation is 2. The van der Waals surface area contributed by atoms with Crippen LogP contribution in [0.2, 0.25) is 0 Å². The van der Waals surface area contributed by atoms with Crippen molar-refractivity contribution in [1.82, 2.24) is 15.1 Å². The van der Waals surface area contributed by atoms with Crippen LogP contribution in [-0.4, -0.2) is 61.0 Å². The first kappa shape index (κ1) is 14.5. The predicted octanol–water partition coefficient (Wildman–Crippen LogP) is 0.962. The summed E-state index contributed by atoms with van der Waals surface area (Å²) in [6, 6.07) is 6.93. The molecule has 2 heterocycles. The van der Waals surface area contributed by atoms with Crippen LogP contribution in [0.15, 0.2) is 18.2 Å². The van der Waals surface area contributed by atoms with Crippen molar-refractivity contribution in [2.24, 2.45) is 0 Å². The molecule has 2 fully saturated rings. The maximum atomic E-state index is 12.4. The molecule has 0 bridgehead atoms. The van der Waals surface area contributed by atoms with Gasteiger partial charge >= 0.3 is 0 Å². The van der Waals surface area contributed by atoms with E-state index >= 15 is 0 Å². The van der Waals surface area contributed by atoms with Crippen molar-refractivity contribution in [3.05, 3.63) is 34.9 Å². The standard InChI is InChI=1S/C17H25N3O/c1-13-3-4-14(2)15(9-13)10-17(21)20-11-16(12-20)19-7-5-18-6-8-19/h3-4,9,16,18H,5-8,10-12H2,1-2H3. The second kappa shape index (κ2) is 6.16. The molecule has 0 saturated carbocycles. The summed E-state index contributed by atoms with van der Waals surface area (Å²) in [7, 11) is 0. The lowest BCUT2D eigenvalue weighted by Gasteiger charge is -2.46. The van der Waals surface area contributed by atoms with Gasteiger partial charge in [0.1, 0.15) is 0 Å². The summed E-state index contributed by atoms with van der Waals surface area (Å²) >= 11 is 0. The van der Waals surface area contributed by atoms with Gasteiger partial charge in [-0.25, -0.2) is 0 Å². The van der Waals surface area contributed by atoms with E-state index in [2.05, 4.69) is 42.3 Å². The van der Waals surface area contributed by atoms with E-state index in [9.17, 15) is 4.79 Å². The number of carbonyl (C=O) groups excluding carboxylic acids is 1. The third kappa shape index (κ3) is 3.27. The highest BCUT2D eigenvalue weighted by Crippen LogP contribution is 2.18. The molecule has 3 rings (SSSR count). The molecule has 0 atom stereocenters. The Morgan fingerprint density at radius 1 is 1.24 bits per heavy atom. The number of hydrogen-bond acceptors (Lipinski definition) is 3. The molecular weight excluding hydrogens is 262 g/mol. The summed E-state index contributed by atoms with van der Waals surface area (Å²) in [5.74, 6) is 0.273. The molecule has 0 aromatic heterocycles. The lowest BCUT2D eigenvalue weighted by atomic mass is 10.00. The van der Waals surface area contributed by atoms with E-state index in [4.69, 9.17) is 0 Å². The Morgan fingerprint density at radius 3 is 2.67 bits per heavy atom. The number of likely N-dealkylation sites (tertiary alicyclic amines) is 1. The molecule has 1 aromatic carbocycles. The number of piperazine rings is 1. The molecule has 2 aliphatic rings. The fourth-order valence-electron chi connectivity index (χ4n) is 3.20. The molecule has 2 aliphatic heterocycles. The van der Waals surface area contributed by atoms with Gasteiger partial charge in [0, 0.05) is 45.3 Å². The van der Waals surface area contributed by atoms with Crippen molar-refractivity contribution in [2.75, 3.05) is 39.3 Å². The van der Waals surface area contributed by atoms with Crippen LogP contribution in [0.25, 0.3) is 0 Å². The van der Waals surface area contributed by atoms with Gasteiger partial charge in [0.25, 0.3) is 0 Å². The average molecular weight is 287 g/mol. The van der Waals surface area contributed by atoms with Crippen molar-refractivity contribution < 1.29 is 4.79 Å². The monoisotopic (exact) mass is 287 g/mol. The van der Waals surface area contributed by atoms with Crippen LogP contribution in [0.3, 0.4) is 0 Å².